The fourth-order valence-electron chi connectivity index (χ4n) is 1.86. The van der Waals surface area contributed by atoms with Crippen LogP contribution in [0.15, 0.2) is 0 Å². The Hall–Kier alpha value is -0.870. The van der Waals surface area contributed by atoms with E-state index in [1.165, 1.54) is 18.5 Å². The molecular weight excluding hydrogens is 178 g/mol. The smallest absolute Gasteiger partial charge is 0.126 e. The Morgan fingerprint density at radius 3 is 2.79 bits per heavy atom. The van der Waals surface area contributed by atoms with Crippen LogP contribution in [0.4, 0.5) is 0 Å². The van der Waals surface area contributed by atoms with Gasteiger partial charge in [0.2, 0.25) is 0 Å². The summed E-state index contributed by atoms with van der Waals surface area (Å²) >= 11 is 0. The quantitative estimate of drug-likeness (QED) is 0.649. The molecule has 1 aromatic rings. The van der Waals surface area contributed by atoms with Gasteiger partial charge in [-0.25, -0.2) is 4.98 Å². The highest BCUT2D eigenvalue weighted by Crippen LogP contribution is 2.21. The molecule has 0 unspecified atom stereocenters. The zero-order valence-corrected chi connectivity index (χ0v) is 8.45. The number of rotatable bonds is 2. The summed E-state index contributed by atoms with van der Waals surface area (Å²) < 4.78 is 0. The number of nitrogens with zero attached hydrogens (tertiary/aromatic N) is 1. The van der Waals surface area contributed by atoms with Gasteiger partial charge in [-0.05, 0) is 32.6 Å². The second-order valence-corrected chi connectivity index (χ2v) is 4.02. The molecular formula is C10H17N3O. The number of aryl methyl sites for hydroxylation is 2. The molecule has 0 saturated heterocycles. The Kier molecular flexibility index (Phi) is 2.56. The third-order valence-electron chi connectivity index (χ3n) is 2.81. The minimum absolute atomic E-state index is 0.388. The number of nitrogens with two attached hydrogens (primary N) is 1. The van der Waals surface area contributed by atoms with Gasteiger partial charge in [0.25, 0.3) is 0 Å². The number of fused-ring (bicyclic) bond motifs is 1. The molecule has 4 nitrogen and oxygen atoms in total. The maximum absolute atomic E-state index is 9.35. The van der Waals surface area contributed by atoms with Gasteiger partial charge in [-0.2, -0.15) is 0 Å². The Morgan fingerprint density at radius 1 is 1.43 bits per heavy atom. The van der Waals surface area contributed by atoms with Gasteiger partial charge in [-0.1, -0.05) is 0 Å². The molecule has 0 aliphatic heterocycles. The molecule has 4 N–H and O–H groups in total. The van der Waals surface area contributed by atoms with Crippen LogP contribution in [0.3, 0.4) is 0 Å². The first-order chi connectivity index (χ1) is 6.68. The van der Waals surface area contributed by atoms with Crippen LogP contribution in [0.5, 0.6) is 0 Å². The van der Waals surface area contributed by atoms with E-state index >= 15 is 0 Å². The van der Waals surface area contributed by atoms with E-state index < -0.39 is 6.10 Å². The van der Waals surface area contributed by atoms with Gasteiger partial charge in [0.1, 0.15) is 5.82 Å². The van der Waals surface area contributed by atoms with Crippen molar-refractivity contribution >= 4 is 0 Å². The normalized spacial score (nSPS) is 20.2. The van der Waals surface area contributed by atoms with Crippen LogP contribution in [-0.4, -0.2) is 21.2 Å². The highest BCUT2D eigenvalue weighted by Gasteiger charge is 2.20. The van der Waals surface area contributed by atoms with Crippen LogP contribution >= 0.6 is 0 Å². The average molecular weight is 195 g/mol. The van der Waals surface area contributed by atoms with Gasteiger partial charge in [-0.3, -0.25) is 0 Å². The lowest BCUT2D eigenvalue weighted by Crippen LogP contribution is -2.24. The minimum atomic E-state index is -0.553. The second-order valence-electron chi connectivity index (χ2n) is 4.02. The van der Waals surface area contributed by atoms with E-state index in [9.17, 15) is 5.11 Å². The number of aliphatic hydroxyl groups excluding tert-OH is 1. The average Bonchev–Trinajstić information content (AvgIpc) is 2.59. The number of nitrogens with one attached hydrogen (secondary N) is 1. The van der Waals surface area contributed by atoms with Crippen molar-refractivity contribution < 1.29 is 5.11 Å². The summed E-state index contributed by atoms with van der Waals surface area (Å²) in [5.74, 6) is 0.729. The summed E-state index contributed by atoms with van der Waals surface area (Å²) in [6.07, 6.45) is 3.98. The Labute approximate surface area is 83.5 Å². The largest absolute Gasteiger partial charge is 0.391 e. The number of hydrogen-bond acceptors (Lipinski definition) is 3. The number of aliphatic hydroxyl groups is 1. The maximum Gasteiger partial charge on any atom is 0.126 e. The number of aromatic nitrogens is 2. The molecule has 0 radical (unpaired) electrons. The Bertz CT molecular complexity index is 296. The van der Waals surface area contributed by atoms with Crippen molar-refractivity contribution in [2.75, 3.05) is 0 Å². The van der Waals surface area contributed by atoms with Crippen LogP contribution in [0.25, 0.3) is 0 Å². The SMILES string of the molecule is C[C@H](O)[C@H](N)c1nc2c([nH]1)CCCC2. The van der Waals surface area contributed by atoms with Gasteiger partial charge in [0.15, 0.2) is 0 Å². The Balaban J connectivity index is 2.23. The van der Waals surface area contributed by atoms with Gasteiger partial charge in [0.05, 0.1) is 17.8 Å². The molecule has 14 heavy (non-hydrogen) atoms. The second kappa shape index (κ2) is 3.71. The standard InChI is InChI=1S/C10H17N3O/c1-6(14)9(11)10-12-7-4-2-3-5-8(7)13-10/h6,9,14H,2-5,11H2,1H3,(H,12,13)/t6-,9-/m0/s1. The number of aromatic amines is 1. The fourth-order valence-corrected chi connectivity index (χ4v) is 1.86. The van der Waals surface area contributed by atoms with Gasteiger partial charge in [-0.15, -0.1) is 0 Å². The third kappa shape index (κ3) is 1.67. The molecule has 0 amide bonds. The van der Waals surface area contributed by atoms with Crippen molar-refractivity contribution in [3.8, 4) is 0 Å². The fraction of sp³-hybridized carbons (Fsp3) is 0.700. The lowest BCUT2D eigenvalue weighted by atomic mass is 10.0. The van der Waals surface area contributed by atoms with E-state index in [-0.39, 0.29) is 6.04 Å². The molecule has 0 saturated carbocycles. The molecule has 1 aliphatic rings. The number of imidazole rings is 1. The molecule has 1 heterocycles. The molecule has 0 fully saturated rings. The predicted octanol–water partition coefficient (Wildman–Crippen LogP) is 0.669. The van der Waals surface area contributed by atoms with Crippen LogP contribution in [0.2, 0.25) is 0 Å². The van der Waals surface area contributed by atoms with E-state index in [0.29, 0.717) is 0 Å². The van der Waals surface area contributed by atoms with Crippen LogP contribution in [0, 0.1) is 0 Å². The van der Waals surface area contributed by atoms with Crippen molar-refractivity contribution in [2.45, 2.75) is 44.8 Å². The zero-order valence-electron chi connectivity index (χ0n) is 8.45. The van der Waals surface area contributed by atoms with Crippen molar-refractivity contribution in [3.63, 3.8) is 0 Å². The molecule has 2 atom stereocenters. The van der Waals surface area contributed by atoms with E-state index in [1.807, 2.05) is 0 Å². The molecule has 1 aliphatic carbocycles. The lowest BCUT2D eigenvalue weighted by molar-refractivity contribution is 0.161. The molecule has 1 aromatic heterocycles. The molecule has 0 aromatic carbocycles. The van der Waals surface area contributed by atoms with Gasteiger partial charge < -0.3 is 15.8 Å². The number of hydrogen-bond donors (Lipinski definition) is 3. The minimum Gasteiger partial charge on any atom is -0.391 e. The summed E-state index contributed by atoms with van der Waals surface area (Å²) in [5.41, 5.74) is 8.16. The van der Waals surface area contributed by atoms with E-state index in [0.717, 1.165) is 24.4 Å². The highest BCUT2D eigenvalue weighted by atomic mass is 16.3. The summed E-state index contributed by atoms with van der Waals surface area (Å²) in [6.45, 7) is 1.69. The van der Waals surface area contributed by atoms with Crippen molar-refractivity contribution in [3.05, 3.63) is 17.2 Å². The first kappa shape index (κ1) is 9.68. The van der Waals surface area contributed by atoms with Gasteiger partial charge >= 0.3 is 0 Å². The summed E-state index contributed by atoms with van der Waals surface area (Å²) in [5, 5.41) is 9.35. The van der Waals surface area contributed by atoms with Crippen molar-refractivity contribution in [1.82, 2.24) is 9.97 Å². The molecule has 0 bridgehead atoms. The van der Waals surface area contributed by atoms with Crippen molar-refractivity contribution in [1.29, 1.82) is 0 Å². The first-order valence-corrected chi connectivity index (χ1v) is 5.20. The summed E-state index contributed by atoms with van der Waals surface area (Å²) in [6, 6.07) is -0.388. The third-order valence-corrected chi connectivity index (χ3v) is 2.81. The van der Waals surface area contributed by atoms with E-state index in [2.05, 4.69) is 9.97 Å². The van der Waals surface area contributed by atoms with Crippen LogP contribution < -0.4 is 5.73 Å². The first-order valence-electron chi connectivity index (χ1n) is 5.20. The summed E-state index contributed by atoms with van der Waals surface area (Å²) in [7, 11) is 0. The molecule has 78 valence electrons. The van der Waals surface area contributed by atoms with Gasteiger partial charge in [0, 0.05) is 5.69 Å². The van der Waals surface area contributed by atoms with Crippen molar-refractivity contribution in [2.24, 2.45) is 5.73 Å². The van der Waals surface area contributed by atoms with Crippen LogP contribution in [-0.2, 0) is 12.8 Å². The zero-order chi connectivity index (χ0) is 10.1. The molecule has 4 heteroatoms. The monoisotopic (exact) mass is 195 g/mol. The highest BCUT2D eigenvalue weighted by molar-refractivity contribution is 5.19. The summed E-state index contributed by atoms with van der Waals surface area (Å²) in [4.78, 5) is 7.65. The van der Waals surface area contributed by atoms with Crippen LogP contribution in [0.1, 0.15) is 43.0 Å². The maximum atomic E-state index is 9.35. The molecule has 2 rings (SSSR count). The topological polar surface area (TPSA) is 74.9 Å². The van der Waals surface area contributed by atoms with E-state index in [1.54, 1.807) is 6.92 Å². The molecule has 0 spiro atoms. The predicted molar refractivity (Wildman–Crippen MR) is 53.8 cm³/mol. The van der Waals surface area contributed by atoms with E-state index in [4.69, 9.17) is 5.73 Å². The Morgan fingerprint density at radius 2 is 2.14 bits per heavy atom. The number of H-pyrrole nitrogens is 1. The lowest BCUT2D eigenvalue weighted by Gasteiger charge is -2.10.